The van der Waals surface area contributed by atoms with Crippen molar-refractivity contribution in [1.82, 2.24) is 5.32 Å². The lowest BCUT2D eigenvalue weighted by Crippen LogP contribution is -2.27. The number of hydrogen-bond acceptors (Lipinski definition) is 1. The van der Waals surface area contributed by atoms with Gasteiger partial charge in [-0.3, -0.25) is 4.79 Å². The molecule has 2 nitrogen and oxygen atoms in total. The summed E-state index contributed by atoms with van der Waals surface area (Å²) < 4.78 is 1.05. The van der Waals surface area contributed by atoms with Crippen LogP contribution in [0.1, 0.15) is 32.8 Å². The summed E-state index contributed by atoms with van der Waals surface area (Å²) in [5.74, 6) is 0.107. The molecule has 88 valence electrons. The Morgan fingerprint density at radius 1 is 1.25 bits per heavy atom. The zero-order chi connectivity index (χ0) is 12.2. The number of carbonyl (C=O) groups excluding carboxylic acids is 1. The van der Waals surface area contributed by atoms with Crippen LogP contribution in [0.4, 0.5) is 0 Å². The molecule has 1 amide bonds. The second-order valence-corrected chi connectivity index (χ2v) is 6.06. The second kappa shape index (κ2) is 5.48. The molecular formula is C13H18BrNO. The SMILES string of the molecule is CC(C)(C)CC(=O)NCc1ccc(Br)cc1. The summed E-state index contributed by atoms with van der Waals surface area (Å²) in [4.78, 5) is 11.6. The van der Waals surface area contributed by atoms with Crippen LogP contribution >= 0.6 is 15.9 Å². The van der Waals surface area contributed by atoms with Gasteiger partial charge < -0.3 is 5.32 Å². The Kier molecular flexibility index (Phi) is 4.54. The monoisotopic (exact) mass is 283 g/mol. The minimum Gasteiger partial charge on any atom is -0.352 e. The fourth-order valence-corrected chi connectivity index (χ4v) is 1.61. The zero-order valence-electron chi connectivity index (χ0n) is 10.0. The first-order valence-corrected chi connectivity index (χ1v) is 6.17. The molecule has 1 aromatic carbocycles. The molecule has 0 fully saturated rings. The fourth-order valence-electron chi connectivity index (χ4n) is 1.35. The first-order chi connectivity index (χ1) is 7.37. The van der Waals surface area contributed by atoms with E-state index in [0.29, 0.717) is 13.0 Å². The molecule has 0 heterocycles. The van der Waals surface area contributed by atoms with Crippen molar-refractivity contribution in [3.63, 3.8) is 0 Å². The van der Waals surface area contributed by atoms with E-state index >= 15 is 0 Å². The van der Waals surface area contributed by atoms with Crippen molar-refractivity contribution in [2.75, 3.05) is 0 Å². The van der Waals surface area contributed by atoms with Crippen LogP contribution in [0.25, 0.3) is 0 Å². The average molecular weight is 284 g/mol. The number of amides is 1. The Balaban J connectivity index is 2.40. The summed E-state index contributed by atoms with van der Waals surface area (Å²) in [5, 5.41) is 2.92. The van der Waals surface area contributed by atoms with E-state index in [4.69, 9.17) is 0 Å². The van der Waals surface area contributed by atoms with Crippen LogP contribution in [-0.2, 0) is 11.3 Å². The first-order valence-electron chi connectivity index (χ1n) is 5.38. The van der Waals surface area contributed by atoms with E-state index in [1.54, 1.807) is 0 Å². The van der Waals surface area contributed by atoms with Crippen LogP contribution in [0, 0.1) is 5.41 Å². The topological polar surface area (TPSA) is 29.1 Å². The molecule has 0 bridgehead atoms. The Hall–Kier alpha value is -0.830. The third-order valence-corrected chi connectivity index (χ3v) is 2.62. The van der Waals surface area contributed by atoms with Gasteiger partial charge in [0, 0.05) is 17.4 Å². The predicted octanol–water partition coefficient (Wildman–Crippen LogP) is 3.50. The number of rotatable bonds is 3. The quantitative estimate of drug-likeness (QED) is 0.904. The normalized spacial score (nSPS) is 11.2. The molecule has 0 aliphatic heterocycles. The van der Waals surface area contributed by atoms with Crippen molar-refractivity contribution in [3.05, 3.63) is 34.3 Å². The molecule has 0 aromatic heterocycles. The molecule has 1 aromatic rings. The standard InChI is InChI=1S/C13H18BrNO/c1-13(2,3)8-12(16)15-9-10-4-6-11(14)7-5-10/h4-7H,8-9H2,1-3H3,(H,15,16). The number of nitrogens with one attached hydrogen (secondary N) is 1. The highest BCUT2D eigenvalue weighted by Gasteiger charge is 2.15. The lowest BCUT2D eigenvalue weighted by atomic mass is 9.92. The molecule has 0 aliphatic rings. The van der Waals surface area contributed by atoms with E-state index in [2.05, 4.69) is 42.0 Å². The molecule has 1 N–H and O–H groups in total. The van der Waals surface area contributed by atoms with Gasteiger partial charge in [0.05, 0.1) is 0 Å². The number of halogens is 1. The second-order valence-electron chi connectivity index (χ2n) is 5.14. The minimum atomic E-state index is 0.0454. The summed E-state index contributed by atoms with van der Waals surface area (Å²) in [7, 11) is 0. The molecule has 0 saturated carbocycles. The van der Waals surface area contributed by atoms with Gasteiger partial charge in [0.2, 0.25) is 5.91 Å². The molecule has 3 heteroatoms. The maximum Gasteiger partial charge on any atom is 0.220 e. The highest BCUT2D eigenvalue weighted by molar-refractivity contribution is 9.10. The zero-order valence-corrected chi connectivity index (χ0v) is 11.6. The first kappa shape index (κ1) is 13.2. The van der Waals surface area contributed by atoms with Crippen LogP contribution in [0.3, 0.4) is 0 Å². The number of carbonyl (C=O) groups is 1. The average Bonchev–Trinajstić information content (AvgIpc) is 2.14. The Labute approximate surface area is 106 Å². The molecule has 0 atom stereocenters. The van der Waals surface area contributed by atoms with Gasteiger partial charge in [-0.2, -0.15) is 0 Å². The third kappa shape index (κ3) is 5.31. The summed E-state index contributed by atoms with van der Waals surface area (Å²) in [6, 6.07) is 7.96. The van der Waals surface area contributed by atoms with E-state index in [1.807, 2.05) is 24.3 Å². The van der Waals surface area contributed by atoms with Gasteiger partial charge in [-0.1, -0.05) is 48.8 Å². The van der Waals surface area contributed by atoms with Crippen LogP contribution in [0.15, 0.2) is 28.7 Å². The summed E-state index contributed by atoms with van der Waals surface area (Å²) in [5.41, 5.74) is 1.16. The van der Waals surface area contributed by atoms with Crippen molar-refractivity contribution in [2.24, 2.45) is 5.41 Å². The minimum absolute atomic E-state index is 0.0454. The molecule has 0 saturated heterocycles. The molecular weight excluding hydrogens is 266 g/mol. The highest BCUT2D eigenvalue weighted by atomic mass is 79.9. The lowest BCUT2D eigenvalue weighted by Gasteiger charge is -2.17. The Morgan fingerprint density at radius 3 is 2.31 bits per heavy atom. The number of benzene rings is 1. The van der Waals surface area contributed by atoms with Crippen molar-refractivity contribution < 1.29 is 4.79 Å². The molecule has 16 heavy (non-hydrogen) atoms. The van der Waals surface area contributed by atoms with Gasteiger partial charge in [-0.05, 0) is 23.1 Å². The summed E-state index contributed by atoms with van der Waals surface area (Å²) >= 11 is 3.38. The van der Waals surface area contributed by atoms with Crippen LogP contribution in [0.2, 0.25) is 0 Å². The Morgan fingerprint density at radius 2 is 1.81 bits per heavy atom. The maximum atomic E-state index is 11.6. The molecule has 0 spiro atoms. The van der Waals surface area contributed by atoms with E-state index in [0.717, 1.165) is 10.0 Å². The van der Waals surface area contributed by atoms with E-state index in [9.17, 15) is 4.79 Å². The van der Waals surface area contributed by atoms with Crippen LogP contribution in [-0.4, -0.2) is 5.91 Å². The summed E-state index contributed by atoms with van der Waals surface area (Å²) in [6.45, 7) is 6.78. The van der Waals surface area contributed by atoms with Gasteiger partial charge in [-0.25, -0.2) is 0 Å². The van der Waals surface area contributed by atoms with E-state index in [1.165, 1.54) is 0 Å². The van der Waals surface area contributed by atoms with Crippen molar-refractivity contribution in [1.29, 1.82) is 0 Å². The molecule has 0 radical (unpaired) electrons. The van der Waals surface area contributed by atoms with E-state index < -0.39 is 0 Å². The smallest absolute Gasteiger partial charge is 0.220 e. The predicted molar refractivity (Wildman–Crippen MR) is 70.1 cm³/mol. The fraction of sp³-hybridized carbons (Fsp3) is 0.462. The number of hydrogen-bond donors (Lipinski definition) is 1. The van der Waals surface area contributed by atoms with Gasteiger partial charge in [0.25, 0.3) is 0 Å². The lowest BCUT2D eigenvalue weighted by molar-refractivity contribution is -0.122. The summed E-state index contributed by atoms with van der Waals surface area (Å²) in [6.07, 6.45) is 0.559. The molecule has 0 unspecified atom stereocenters. The largest absolute Gasteiger partial charge is 0.352 e. The van der Waals surface area contributed by atoms with Crippen molar-refractivity contribution >= 4 is 21.8 Å². The molecule has 0 aliphatic carbocycles. The third-order valence-electron chi connectivity index (χ3n) is 2.09. The van der Waals surface area contributed by atoms with E-state index in [-0.39, 0.29) is 11.3 Å². The van der Waals surface area contributed by atoms with Gasteiger partial charge in [0.15, 0.2) is 0 Å². The van der Waals surface area contributed by atoms with Crippen LogP contribution < -0.4 is 5.32 Å². The Bertz CT molecular complexity index is 351. The maximum absolute atomic E-state index is 11.6. The van der Waals surface area contributed by atoms with Crippen molar-refractivity contribution in [2.45, 2.75) is 33.7 Å². The van der Waals surface area contributed by atoms with Crippen LogP contribution in [0.5, 0.6) is 0 Å². The van der Waals surface area contributed by atoms with Crippen molar-refractivity contribution in [3.8, 4) is 0 Å². The van der Waals surface area contributed by atoms with Gasteiger partial charge in [-0.15, -0.1) is 0 Å². The highest BCUT2D eigenvalue weighted by Crippen LogP contribution is 2.18. The van der Waals surface area contributed by atoms with Gasteiger partial charge in [0.1, 0.15) is 0 Å². The van der Waals surface area contributed by atoms with Gasteiger partial charge >= 0.3 is 0 Å². The molecule has 1 rings (SSSR count).